The Kier molecular flexibility index (Phi) is 7.17. The Bertz CT molecular complexity index is 1060. The minimum Gasteiger partial charge on any atom is -0.390 e. The van der Waals surface area contributed by atoms with Gasteiger partial charge in [-0.1, -0.05) is 0 Å². The number of aromatic amines is 1. The molecule has 0 saturated carbocycles. The SMILES string of the molecule is Cc1cn([C@H]2C[C@H](O)[C@@](C)(COP(=O)(O)OP(=O)(O)OP(=O)(O)O)O2)c(=O)[nH]c1=O. The molecule has 172 valence electrons. The Hall–Kier alpha value is -0.990. The van der Waals surface area contributed by atoms with Gasteiger partial charge in [-0.15, -0.1) is 0 Å². The quantitative estimate of drug-likeness (QED) is 0.242. The van der Waals surface area contributed by atoms with Gasteiger partial charge in [-0.3, -0.25) is 18.9 Å². The van der Waals surface area contributed by atoms with E-state index in [0.29, 0.717) is 0 Å². The highest BCUT2D eigenvalue weighted by atomic mass is 31.3. The molecular formula is C11H19N2O14P3. The van der Waals surface area contributed by atoms with Crippen molar-refractivity contribution in [2.75, 3.05) is 6.61 Å². The van der Waals surface area contributed by atoms with Gasteiger partial charge in [0.1, 0.15) is 11.8 Å². The second-order valence-corrected chi connectivity index (χ2v) is 10.9. The van der Waals surface area contributed by atoms with Gasteiger partial charge < -0.3 is 29.4 Å². The first-order valence-corrected chi connectivity index (χ1v) is 12.4. The molecule has 0 bridgehead atoms. The minimum atomic E-state index is -5.69. The predicted molar refractivity (Wildman–Crippen MR) is 95.0 cm³/mol. The number of nitrogens with zero attached hydrogens (tertiary/aromatic N) is 1. The number of rotatable bonds is 8. The van der Waals surface area contributed by atoms with Gasteiger partial charge in [-0.25, -0.2) is 18.5 Å². The van der Waals surface area contributed by atoms with Gasteiger partial charge in [0.15, 0.2) is 0 Å². The van der Waals surface area contributed by atoms with E-state index in [4.69, 9.17) is 19.4 Å². The van der Waals surface area contributed by atoms with Crippen molar-refractivity contribution in [3.63, 3.8) is 0 Å². The van der Waals surface area contributed by atoms with Crippen molar-refractivity contribution in [2.24, 2.45) is 0 Å². The number of hydrogen-bond acceptors (Lipinski definition) is 10. The van der Waals surface area contributed by atoms with Gasteiger partial charge in [0.25, 0.3) is 5.56 Å². The van der Waals surface area contributed by atoms with Crippen molar-refractivity contribution in [1.82, 2.24) is 9.55 Å². The van der Waals surface area contributed by atoms with Crippen LogP contribution in [-0.2, 0) is 31.6 Å². The Morgan fingerprint density at radius 3 is 2.37 bits per heavy atom. The monoisotopic (exact) mass is 496 g/mol. The Morgan fingerprint density at radius 2 is 1.80 bits per heavy atom. The molecule has 5 atom stereocenters. The molecule has 1 aliphatic rings. The van der Waals surface area contributed by atoms with Crippen molar-refractivity contribution in [2.45, 2.75) is 38.2 Å². The van der Waals surface area contributed by atoms with Gasteiger partial charge in [0, 0.05) is 18.2 Å². The van der Waals surface area contributed by atoms with Crippen LogP contribution in [0.1, 0.15) is 25.1 Å². The topological polar surface area (TPSA) is 244 Å². The van der Waals surface area contributed by atoms with E-state index in [-0.39, 0.29) is 12.0 Å². The van der Waals surface area contributed by atoms with Crippen molar-refractivity contribution in [3.8, 4) is 0 Å². The first-order chi connectivity index (χ1) is 13.4. The molecule has 2 rings (SSSR count). The van der Waals surface area contributed by atoms with Gasteiger partial charge >= 0.3 is 29.2 Å². The van der Waals surface area contributed by atoms with Crippen LogP contribution in [0.15, 0.2) is 15.8 Å². The summed E-state index contributed by atoms with van der Waals surface area (Å²) in [5.41, 5.74) is -3.00. The molecule has 19 heteroatoms. The molecule has 16 nitrogen and oxygen atoms in total. The highest BCUT2D eigenvalue weighted by Crippen LogP contribution is 2.66. The lowest BCUT2D eigenvalue weighted by atomic mass is 10.0. The fourth-order valence-corrected chi connectivity index (χ4v) is 5.61. The zero-order valence-electron chi connectivity index (χ0n) is 15.3. The Labute approximate surface area is 167 Å². The predicted octanol–water partition coefficient (Wildman–Crippen LogP) is -0.773. The van der Waals surface area contributed by atoms with Crippen LogP contribution in [0.4, 0.5) is 0 Å². The van der Waals surface area contributed by atoms with E-state index in [1.54, 1.807) is 0 Å². The molecule has 1 saturated heterocycles. The first-order valence-electron chi connectivity index (χ1n) is 7.89. The third-order valence-electron chi connectivity index (χ3n) is 3.92. The highest BCUT2D eigenvalue weighted by molar-refractivity contribution is 7.66. The van der Waals surface area contributed by atoms with Gasteiger partial charge in [-0.05, 0) is 13.8 Å². The summed E-state index contributed by atoms with van der Waals surface area (Å²) < 4.78 is 51.9. The summed E-state index contributed by atoms with van der Waals surface area (Å²) in [6.07, 6.45) is -1.47. The number of hydrogen-bond donors (Lipinski definition) is 6. The number of aliphatic hydroxyl groups is 1. The number of phosphoric acid groups is 3. The second kappa shape index (κ2) is 8.51. The summed E-state index contributed by atoms with van der Waals surface area (Å²) in [5, 5.41) is 10.2. The van der Waals surface area contributed by atoms with Gasteiger partial charge in [0.05, 0.1) is 12.7 Å². The van der Waals surface area contributed by atoms with E-state index in [9.17, 15) is 33.3 Å². The van der Waals surface area contributed by atoms with E-state index < -0.39 is 59.3 Å². The summed E-state index contributed by atoms with van der Waals surface area (Å²) in [5.74, 6) is 0. The van der Waals surface area contributed by atoms with Crippen LogP contribution in [0.3, 0.4) is 0 Å². The van der Waals surface area contributed by atoms with E-state index in [0.717, 1.165) is 4.57 Å². The standard InChI is InChI=1S/C11H19N2O14P3/c1-6-4-13(10(16)12-9(6)15)8-3-7(14)11(2,25-8)5-24-29(20,21)27-30(22,23)26-28(17,18)19/h4,7-8,14H,3,5H2,1-2H3,(H,20,21)(H,22,23)(H,12,15,16)(H2,17,18,19)/t7-,8+,11+/m0/s1. The summed E-state index contributed by atoms with van der Waals surface area (Å²) >= 11 is 0. The van der Waals surface area contributed by atoms with Crippen molar-refractivity contribution < 1.29 is 56.3 Å². The normalized spacial score (nSPS) is 28.8. The molecular weight excluding hydrogens is 477 g/mol. The lowest BCUT2D eigenvalue weighted by molar-refractivity contribution is -0.114. The van der Waals surface area contributed by atoms with E-state index in [1.165, 1.54) is 20.0 Å². The molecule has 1 fully saturated rings. The molecule has 6 N–H and O–H groups in total. The first kappa shape index (κ1) is 25.3. The number of aryl methyl sites for hydroxylation is 1. The maximum Gasteiger partial charge on any atom is 0.490 e. The summed E-state index contributed by atoms with van der Waals surface area (Å²) in [6.45, 7) is 1.74. The second-order valence-electron chi connectivity index (χ2n) is 6.48. The van der Waals surface area contributed by atoms with Crippen LogP contribution < -0.4 is 11.2 Å². The van der Waals surface area contributed by atoms with Crippen molar-refractivity contribution in [3.05, 3.63) is 32.6 Å². The van der Waals surface area contributed by atoms with Gasteiger partial charge in [-0.2, -0.15) is 8.62 Å². The molecule has 0 aromatic carbocycles. The lowest BCUT2D eigenvalue weighted by Crippen LogP contribution is -2.41. The smallest absolute Gasteiger partial charge is 0.390 e. The van der Waals surface area contributed by atoms with Crippen LogP contribution in [0.2, 0.25) is 0 Å². The number of H-pyrrole nitrogens is 1. The zero-order chi connectivity index (χ0) is 23.1. The molecule has 1 aromatic rings. The number of nitrogens with one attached hydrogen (secondary N) is 1. The molecule has 1 aromatic heterocycles. The Balaban J connectivity index is 2.11. The molecule has 1 aliphatic heterocycles. The summed E-state index contributed by atoms with van der Waals surface area (Å²) in [7, 11) is -16.7. The molecule has 0 amide bonds. The Morgan fingerprint density at radius 1 is 1.20 bits per heavy atom. The number of aromatic nitrogens is 2. The van der Waals surface area contributed by atoms with E-state index >= 15 is 0 Å². The fraction of sp³-hybridized carbons (Fsp3) is 0.636. The van der Waals surface area contributed by atoms with E-state index in [1.807, 2.05) is 4.98 Å². The van der Waals surface area contributed by atoms with Crippen molar-refractivity contribution >= 4 is 23.5 Å². The van der Waals surface area contributed by atoms with Crippen LogP contribution in [-0.4, -0.2) is 52.5 Å². The molecule has 30 heavy (non-hydrogen) atoms. The van der Waals surface area contributed by atoms with Crippen LogP contribution in [0, 0.1) is 6.92 Å². The molecule has 2 heterocycles. The maximum atomic E-state index is 12.0. The molecule has 2 unspecified atom stereocenters. The maximum absolute atomic E-state index is 12.0. The number of phosphoric ester groups is 1. The number of ether oxygens (including phenoxy) is 1. The third kappa shape index (κ3) is 6.50. The van der Waals surface area contributed by atoms with E-state index in [2.05, 4.69) is 13.1 Å². The number of aliphatic hydroxyl groups excluding tert-OH is 1. The highest BCUT2D eigenvalue weighted by Gasteiger charge is 2.48. The largest absolute Gasteiger partial charge is 0.490 e. The fourth-order valence-electron chi connectivity index (χ4n) is 2.49. The molecule has 0 aliphatic carbocycles. The minimum absolute atomic E-state index is 0.176. The van der Waals surface area contributed by atoms with Crippen LogP contribution in [0.5, 0.6) is 0 Å². The van der Waals surface area contributed by atoms with Crippen LogP contribution in [0.25, 0.3) is 0 Å². The molecule has 0 spiro atoms. The summed E-state index contributed by atoms with van der Waals surface area (Å²) in [6, 6.07) is 0. The zero-order valence-corrected chi connectivity index (χ0v) is 18.0. The summed E-state index contributed by atoms with van der Waals surface area (Å²) in [4.78, 5) is 61.1. The lowest BCUT2D eigenvalue weighted by Gasteiger charge is -2.28. The van der Waals surface area contributed by atoms with Gasteiger partial charge in [0.2, 0.25) is 0 Å². The average Bonchev–Trinajstić information content (AvgIpc) is 2.81. The van der Waals surface area contributed by atoms with Crippen molar-refractivity contribution in [1.29, 1.82) is 0 Å². The third-order valence-corrected chi connectivity index (χ3v) is 7.70. The average molecular weight is 496 g/mol. The molecule has 0 radical (unpaired) electrons. The van der Waals surface area contributed by atoms with Crippen LogP contribution >= 0.6 is 23.5 Å².